The van der Waals surface area contributed by atoms with Gasteiger partial charge in [-0.05, 0) is 43.2 Å². The van der Waals surface area contributed by atoms with Gasteiger partial charge < -0.3 is 10.6 Å². The Morgan fingerprint density at radius 2 is 1.74 bits per heavy atom. The Morgan fingerprint density at radius 1 is 1.00 bits per heavy atom. The molecule has 0 spiro atoms. The zero-order valence-electron chi connectivity index (χ0n) is 13.1. The van der Waals surface area contributed by atoms with Crippen LogP contribution in [0.1, 0.15) is 11.1 Å². The smallest absolute Gasteiger partial charge is 0.235 e. The molecule has 1 aromatic carbocycles. The standard InChI is InChI=1S/C17H19N3O2S/c1-12-4-3-5-14(8-12)19-16(21)10-23-11-17(22)20-15-7-6-13(2)9-18-15/h3-9H,10-11H2,1-2H3,(H,19,21)(H,18,20,22). The fourth-order valence-corrected chi connectivity index (χ4v) is 2.49. The number of benzene rings is 1. The molecule has 23 heavy (non-hydrogen) atoms. The lowest BCUT2D eigenvalue weighted by atomic mass is 10.2. The summed E-state index contributed by atoms with van der Waals surface area (Å²) in [5.74, 6) is 0.654. The normalized spacial score (nSPS) is 10.2. The average molecular weight is 329 g/mol. The third-order valence-corrected chi connectivity index (χ3v) is 3.88. The van der Waals surface area contributed by atoms with Crippen molar-refractivity contribution < 1.29 is 9.59 Å². The molecule has 0 bridgehead atoms. The average Bonchev–Trinajstić information content (AvgIpc) is 2.49. The number of amides is 2. The minimum Gasteiger partial charge on any atom is -0.325 e. The van der Waals surface area contributed by atoms with Gasteiger partial charge in [-0.25, -0.2) is 4.98 Å². The number of nitrogens with zero attached hydrogens (tertiary/aromatic N) is 1. The van der Waals surface area contributed by atoms with Gasteiger partial charge in [0.2, 0.25) is 11.8 Å². The Morgan fingerprint density at radius 3 is 2.39 bits per heavy atom. The Balaban J connectivity index is 1.70. The molecule has 0 atom stereocenters. The molecule has 2 N–H and O–H groups in total. The molecule has 5 nitrogen and oxygen atoms in total. The molecule has 0 saturated carbocycles. The summed E-state index contributed by atoms with van der Waals surface area (Å²) in [5, 5.41) is 5.51. The van der Waals surface area contributed by atoms with E-state index in [4.69, 9.17) is 0 Å². The minimum atomic E-state index is -0.172. The van der Waals surface area contributed by atoms with E-state index >= 15 is 0 Å². The van der Waals surface area contributed by atoms with Gasteiger partial charge in [0, 0.05) is 11.9 Å². The van der Waals surface area contributed by atoms with E-state index in [1.165, 1.54) is 11.8 Å². The highest BCUT2D eigenvalue weighted by molar-refractivity contribution is 8.00. The number of thioether (sulfide) groups is 1. The van der Waals surface area contributed by atoms with E-state index in [0.29, 0.717) is 5.82 Å². The van der Waals surface area contributed by atoms with Gasteiger partial charge in [-0.1, -0.05) is 18.2 Å². The summed E-state index contributed by atoms with van der Waals surface area (Å²) in [6.07, 6.45) is 1.69. The Labute approximate surface area is 139 Å². The van der Waals surface area contributed by atoms with Crippen LogP contribution in [-0.2, 0) is 9.59 Å². The van der Waals surface area contributed by atoms with Crippen molar-refractivity contribution in [2.75, 3.05) is 22.1 Å². The van der Waals surface area contributed by atoms with E-state index in [0.717, 1.165) is 16.8 Å². The molecule has 1 aromatic heterocycles. The third kappa shape index (κ3) is 6.12. The van der Waals surface area contributed by atoms with Crippen molar-refractivity contribution in [3.8, 4) is 0 Å². The van der Waals surface area contributed by atoms with Gasteiger partial charge in [-0.15, -0.1) is 11.8 Å². The lowest BCUT2D eigenvalue weighted by Crippen LogP contribution is -2.18. The fraction of sp³-hybridized carbons (Fsp3) is 0.235. The molecule has 0 fully saturated rings. The van der Waals surface area contributed by atoms with Crippen LogP contribution < -0.4 is 10.6 Å². The van der Waals surface area contributed by atoms with Gasteiger partial charge in [-0.2, -0.15) is 0 Å². The maximum absolute atomic E-state index is 11.8. The quantitative estimate of drug-likeness (QED) is 0.854. The van der Waals surface area contributed by atoms with Crippen LogP contribution in [0.25, 0.3) is 0 Å². The maximum atomic E-state index is 11.8. The SMILES string of the molecule is Cc1ccc(NC(=O)CSCC(=O)Nc2cccc(C)c2)nc1. The van der Waals surface area contributed by atoms with E-state index in [-0.39, 0.29) is 23.3 Å². The minimum absolute atomic E-state index is 0.123. The van der Waals surface area contributed by atoms with E-state index < -0.39 is 0 Å². The molecule has 0 aliphatic heterocycles. The Hall–Kier alpha value is -2.34. The summed E-state index contributed by atoms with van der Waals surface area (Å²) in [5.41, 5.74) is 2.88. The highest BCUT2D eigenvalue weighted by atomic mass is 32.2. The van der Waals surface area contributed by atoms with Crippen molar-refractivity contribution in [1.82, 2.24) is 4.98 Å². The van der Waals surface area contributed by atoms with Crippen LogP contribution in [-0.4, -0.2) is 28.3 Å². The summed E-state index contributed by atoms with van der Waals surface area (Å²) < 4.78 is 0. The number of aryl methyl sites for hydroxylation is 2. The number of carbonyl (C=O) groups excluding carboxylic acids is 2. The van der Waals surface area contributed by atoms with Gasteiger partial charge in [-0.3, -0.25) is 9.59 Å². The molecular weight excluding hydrogens is 310 g/mol. The summed E-state index contributed by atoms with van der Waals surface area (Å²) in [6, 6.07) is 11.2. The first-order chi connectivity index (χ1) is 11.0. The third-order valence-electron chi connectivity index (χ3n) is 2.95. The van der Waals surface area contributed by atoms with Crippen LogP contribution in [0.15, 0.2) is 42.6 Å². The van der Waals surface area contributed by atoms with Crippen molar-refractivity contribution in [1.29, 1.82) is 0 Å². The molecular formula is C17H19N3O2S. The van der Waals surface area contributed by atoms with Crippen LogP contribution in [0.2, 0.25) is 0 Å². The number of pyridine rings is 1. The number of hydrogen-bond donors (Lipinski definition) is 2. The van der Waals surface area contributed by atoms with Crippen molar-refractivity contribution in [2.45, 2.75) is 13.8 Å². The van der Waals surface area contributed by atoms with Crippen LogP contribution in [0.3, 0.4) is 0 Å². The molecule has 2 amide bonds. The number of carbonyl (C=O) groups is 2. The summed E-state index contributed by atoms with van der Waals surface area (Å²) in [7, 11) is 0. The monoisotopic (exact) mass is 329 g/mol. The highest BCUT2D eigenvalue weighted by Crippen LogP contribution is 2.11. The van der Waals surface area contributed by atoms with Crippen molar-refractivity contribution in [3.05, 3.63) is 53.7 Å². The zero-order valence-corrected chi connectivity index (χ0v) is 13.9. The second-order valence-corrected chi connectivity index (χ2v) is 6.17. The van der Waals surface area contributed by atoms with Crippen LogP contribution in [0, 0.1) is 13.8 Å². The molecule has 0 aliphatic rings. The molecule has 0 unspecified atom stereocenters. The number of anilines is 2. The van der Waals surface area contributed by atoms with Gasteiger partial charge in [0.05, 0.1) is 11.5 Å². The van der Waals surface area contributed by atoms with Gasteiger partial charge >= 0.3 is 0 Å². The lowest BCUT2D eigenvalue weighted by Gasteiger charge is -2.06. The van der Waals surface area contributed by atoms with E-state index in [9.17, 15) is 9.59 Å². The van der Waals surface area contributed by atoms with Crippen LogP contribution >= 0.6 is 11.8 Å². The van der Waals surface area contributed by atoms with E-state index in [1.54, 1.807) is 12.3 Å². The Bertz CT molecular complexity index is 686. The first-order valence-corrected chi connectivity index (χ1v) is 8.35. The second-order valence-electron chi connectivity index (χ2n) is 5.18. The predicted octanol–water partition coefficient (Wildman–Crippen LogP) is 3.01. The van der Waals surface area contributed by atoms with Crippen molar-refractivity contribution in [3.63, 3.8) is 0 Å². The molecule has 120 valence electrons. The molecule has 0 saturated heterocycles. The molecule has 2 rings (SSSR count). The predicted molar refractivity (Wildman–Crippen MR) is 94.7 cm³/mol. The van der Waals surface area contributed by atoms with Crippen molar-refractivity contribution in [2.24, 2.45) is 0 Å². The molecule has 0 aliphatic carbocycles. The summed E-state index contributed by atoms with van der Waals surface area (Å²) in [4.78, 5) is 27.7. The Kier molecular flexibility index (Phi) is 6.17. The second kappa shape index (κ2) is 8.33. The molecule has 6 heteroatoms. The topological polar surface area (TPSA) is 71.1 Å². The summed E-state index contributed by atoms with van der Waals surface area (Å²) in [6.45, 7) is 3.90. The first kappa shape index (κ1) is 17.0. The fourth-order valence-electron chi connectivity index (χ4n) is 1.88. The number of rotatable bonds is 6. The zero-order chi connectivity index (χ0) is 16.7. The van der Waals surface area contributed by atoms with E-state index in [2.05, 4.69) is 15.6 Å². The maximum Gasteiger partial charge on any atom is 0.235 e. The van der Waals surface area contributed by atoms with Crippen LogP contribution in [0.5, 0.6) is 0 Å². The summed E-state index contributed by atoms with van der Waals surface area (Å²) >= 11 is 1.26. The highest BCUT2D eigenvalue weighted by Gasteiger charge is 2.07. The first-order valence-electron chi connectivity index (χ1n) is 7.20. The molecule has 0 radical (unpaired) electrons. The van der Waals surface area contributed by atoms with Gasteiger partial charge in [0.25, 0.3) is 0 Å². The number of nitrogens with one attached hydrogen (secondary N) is 2. The number of aromatic nitrogens is 1. The molecule has 2 aromatic rings. The van der Waals surface area contributed by atoms with Crippen molar-refractivity contribution >= 4 is 35.1 Å². The van der Waals surface area contributed by atoms with Gasteiger partial charge in [0.15, 0.2) is 0 Å². The number of hydrogen-bond acceptors (Lipinski definition) is 4. The molecule has 1 heterocycles. The van der Waals surface area contributed by atoms with Gasteiger partial charge in [0.1, 0.15) is 5.82 Å². The largest absolute Gasteiger partial charge is 0.325 e. The van der Waals surface area contributed by atoms with Crippen LogP contribution in [0.4, 0.5) is 11.5 Å². The lowest BCUT2D eigenvalue weighted by molar-refractivity contribution is -0.114. The van der Waals surface area contributed by atoms with E-state index in [1.807, 2.05) is 44.2 Å².